The summed E-state index contributed by atoms with van der Waals surface area (Å²) in [5, 5.41) is 9.72. The predicted molar refractivity (Wildman–Crippen MR) is 166 cm³/mol. The summed E-state index contributed by atoms with van der Waals surface area (Å²) < 4.78 is 31.7. The first kappa shape index (κ1) is 31.5. The van der Waals surface area contributed by atoms with Gasteiger partial charge in [-0.05, 0) is 18.2 Å². The number of rotatable bonds is 14. The number of anilines is 6. The minimum absolute atomic E-state index is 0.128. The third-order valence-corrected chi connectivity index (χ3v) is 6.68. The molecule has 0 spiro atoms. The second-order valence-corrected chi connectivity index (χ2v) is 11.7. The maximum absolute atomic E-state index is 12.1. The maximum Gasteiger partial charge on any atom is 0.248 e. The molecule has 0 bridgehead atoms. The zero-order valence-corrected chi connectivity index (χ0v) is 25.2. The molecule has 3 rings (SSSR count). The minimum Gasteiger partial charge on any atom is -0.494 e. The van der Waals surface area contributed by atoms with E-state index >= 15 is 0 Å². The number of hydrogen-bond donors (Lipinski definition) is 5. The number of sulfonamides is 1. The van der Waals surface area contributed by atoms with Gasteiger partial charge in [-0.1, -0.05) is 44.2 Å². The Morgan fingerprint density at radius 1 is 1.17 bits per heavy atom. The number of halogens is 1. The summed E-state index contributed by atoms with van der Waals surface area (Å²) in [4.78, 5) is 22.8. The number of benzene rings is 2. The number of aromatic nitrogens is 2. The van der Waals surface area contributed by atoms with Crippen LogP contribution in [0.1, 0.15) is 19.4 Å². The number of nitrogens with two attached hydrogens (primary N) is 1. The zero-order valence-electron chi connectivity index (χ0n) is 23.6. The molecule has 12 nitrogen and oxygen atoms in total. The van der Waals surface area contributed by atoms with E-state index in [0.29, 0.717) is 46.6 Å². The first-order valence-corrected chi connectivity index (χ1v) is 14.8. The van der Waals surface area contributed by atoms with Crippen molar-refractivity contribution in [2.75, 3.05) is 53.8 Å². The molecule has 0 aliphatic rings. The largest absolute Gasteiger partial charge is 0.494 e. The molecule has 1 amide bonds. The highest BCUT2D eigenvalue weighted by molar-refractivity contribution is 7.92. The van der Waals surface area contributed by atoms with Gasteiger partial charge in [0, 0.05) is 49.1 Å². The summed E-state index contributed by atoms with van der Waals surface area (Å²) in [7, 11) is -0.100. The van der Waals surface area contributed by atoms with Gasteiger partial charge in [-0.25, -0.2) is 13.4 Å². The summed E-state index contributed by atoms with van der Waals surface area (Å²) in [6, 6.07) is 10.5. The molecule has 0 saturated heterocycles. The van der Waals surface area contributed by atoms with Crippen LogP contribution in [-0.4, -0.2) is 63.8 Å². The second kappa shape index (κ2) is 13.5. The van der Waals surface area contributed by atoms with Gasteiger partial charge >= 0.3 is 0 Å². The minimum atomic E-state index is -3.52. The maximum atomic E-state index is 12.1. The fourth-order valence-electron chi connectivity index (χ4n) is 3.81. The fourth-order valence-corrected chi connectivity index (χ4v) is 4.53. The Bertz CT molecular complexity index is 1530. The average molecular weight is 603 g/mol. The average Bonchev–Trinajstić information content (AvgIpc) is 2.89. The molecule has 0 aliphatic heterocycles. The topological polar surface area (TPSA) is 164 Å². The van der Waals surface area contributed by atoms with Gasteiger partial charge in [0.1, 0.15) is 10.8 Å². The molecule has 2 aromatic carbocycles. The van der Waals surface area contributed by atoms with Crippen LogP contribution in [-0.2, 0) is 14.8 Å². The molecule has 0 saturated carbocycles. The van der Waals surface area contributed by atoms with E-state index < -0.39 is 15.9 Å². The molecule has 220 valence electrons. The monoisotopic (exact) mass is 602 g/mol. The van der Waals surface area contributed by atoms with Crippen LogP contribution >= 0.6 is 11.6 Å². The molecule has 0 radical (unpaired) electrons. The van der Waals surface area contributed by atoms with E-state index in [1.165, 1.54) is 13.3 Å². The number of para-hydroxylation sites is 2. The molecule has 6 N–H and O–H groups in total. The van der Waals surface area contributed by atoms with E-state index in [4.69, 9.17) is 22.1 Å². The van der Waals surface area contributed by atoms with Gasteiger partial charge in [0.15, 0.2) is 5.82 Å². The molecular formula is C27H35ClN8O4S. The van der Waals surface area contributed by atoms with Crippen molar-refractivity contribution in [2.24, 2.45) is 5.73 Å². The molecule has 3 aromatic rings. The van der Waals surface area contributed by atoms with Gasteiger partial charge in [0.25, 0.3) is 0 Å². The van der Waals surface area contributed by atoms with Gasteiger partial charge in [-0.15, -0.1) is 0 Å². The van der Waals surface area contributed by atoms with Gasteiger partial charge < -0.3 is 31.3 Å². The van der Waals surface area contributed by atoms with E-state index in [0.717, 1.165) is 12.8 Å². The number of nitrogens with one attached hydrogen (secondary N) is 4. The summed E-state index contributed by atoms with van der Waals surface area (Å²) in [6.45, 7) is 9.39. The molecule has 0 unspecified atom stereocenters. The smallest absolute Gasteiger partial charge is 0.248 e. The highest BCUT2D eigenvalue weighted by atomic mass is 35.5. The van der Waals surface area contributed by atoms with Crippen LogP contribution in [0.2, 0.25) is 5.02 Å². The zero-order chi connectivity index (χ0) is 30.3. The third kappa shape index (κ3) is 8.71. The van der Waals surface area contributed by atoms with Crippen LogP contribution < -0.4 is 36.0 Å². The van der Waals surface area contributed by atoms with Crippen molar-refractivity contribution in [3.63, 3.8) is 0 Å². The number of amides is 1. The number of nitrogens with zero attached hydrogens (tertiary/aromatic N) is 3. The molecule has 41 heavy (non-hydrogen) atoms. The van der Waals surface area contributed by atoms with Crippen LogP contribution in [0.15, 0.2) is 49.2 Å². The van der Waals surface area contributed by atoms with Crippen LogP contribution in [0.3, 0.4) is 0 Å². The van der Waals surface area contributed by atoms with Crippen molar-refractivity contribution < 1.29 is 17.9 Å². The SMILES string of the molecule is C=C(C(N)=O)c1cc(Nc2ncc(Cl)c(Nc3ccccc3NS(C)(=O)=O)n2)c(OC)cc1N(C)CCNC(C)C. The van der Waals surface area contributed by atoms with Crippen molar-refractivity contribution in [1.82, 2.24) is 15.3 Å². The lowest BCUT2D eigenvalue weighted by molar-refractivity contribution is -0.112. The molecule has 1 heterocycles. The highest BCUT2D eigenvalue weighted by Gasteiger charge is 2.20. The summed E-state index contributed by atoms with van der Waals surface area (Å²) >= 11 is 6.36. The summed E-state index contributed by atoms with van der Waals surface area (Å²) in [6.07, 6.45) is 2.45. The Labute approximate surface area is 245 Å². The van der Waals surface area contributed by atoms with Gasteiger partial charge in [0.05, 0.1) is 36.6 Å². The number of ether oxygens (including phenoxy) is 1. The number of carbonyl (C=O) groups excluding carboxylic acids is 1. The Hall–Kier alpha value is -4.07. The molecule has 0 fully saturated rings. The first-order valence-electron chi connectivity index (χ1n) is 12.6. The lowest BCUT2D eigenvalue weighted by Crippen LogP contribution is -2.33. The van der Waals surface area contributed by atoms with Gasteiger partial charge in [0.2, 0.25) is 21.9 Å². The quantitative estimate of drug-likeness (QED) is 0.171. The van der Waals surface area contributed by atoms with E-state index in [9.17, 15) is 13.2 Å². The summed E-state index contributed by atoms with van der Waals surface area (Å²) in [5.74, 6) is 0.176. The van der Waals surface area contributed by atoms with E-state index in [2.05, 4.69) is 51.1 Å². The standard InChI is InChI=1S/C27H35ClN8O4S/c1-16(2)30-11-12-36(4)23-14-24(40-5)22(13-18(23)17(3)25(29)37)33-27-31-15-19(28)26(34-27)32-20-9-7-8-10-21(20)35-41(6,38)39/h7-10,13-16,30,35H,3,11-12H2,1-2,4-6H3,(H2,29,37)(H2,31,32,33,34). The molecule has 14 heteroatoms. The van der Waals surface area contributed by atoms with E-state index in [-0.39, 0.29) is 22.4 Å². The van der Waals surface area contributed by atoms with Gasteiger partial charge in [-0.3, -0.25) is 9.52 Å². The molecular weight excluding hydrogens is 568 g/mol. The van der Waals surface area contributed by atoms with Crippen molar-refractivity contribution >= 4 is 67.6 Å². The molecule has 0 atom stereocenters. The first-order chi connectivity index (χ1) is 19.3. The number of carbonyl (C=O) groups is 1. The highest BCUT2D eigenvalue weighted by Crippen LogP contribution is 2.38. The predicted octanol–water partition coefficient (Wildman–Crippen LogP) is 3.93. The Kier molecular flexibility index (Phi) is 10.4. The van der Waals surface area contributed by atoms with E-state index in [1.54, 1.807) is 36.4 Å². The van der Waals surface area contributed by atoms with Crippen molar-refractivity contribution in [3.8, 4) is 5.75 Å². The van der Waals surface area contributed by atoms with E-state index in [1.807, 2.05) is 11.9 Å². The number of hydrogen-bond acceptors (Lipinski definition) is 10. The molecule has 0 aliphatic carbocycles. The number of likely N-dealkylation sites (N-methyl/N-ethyl adjacent to an activating group) is 1. The third-order valence-electron chi connectivity index (χ3n) is 5.82. The van der Waals surface area contributed by atoms with Crippen LogP contribution in [0.5, 0.6) is 5.75 Å². The molecule has 1 aromatic heterocycles. The Balaban J connectivity index is 1.97. The van der Waals surface area contributed by atoms with Crippen molar-refractivity contribution in [3.05, 3.63) is 59.8 Å². The second-order valence-electron chi connectivity index (χ2n) is 9.50. The van der Waals surface area contributed by atoms with Crippen molar-refractivity contribution in [2.45, 2.75) is 19.9 Å². The van der Waals surface area contributed by atoms with Crippen LogP contribution in [0, 0.1) is 0 Å². The number of primary amides is 1. The van der Waals surface area contributed by atoms with Crippen molar-refractivity contribution in [1.29, 1.82) is 0 Å². The summed E-state index contributed by atoms with van der Waals surface area (Å²) in [5.41, 5.74) is 8.15. The van der Waals surface area contributed by atoms with Crippen LogP contribution in [0.4, 0.5) is 34.5 Å². The number of methoxy groups -OCH3 is 1. The lowest BCUT2D eigenvalue weighted by atomic mass is 10.0. The van der Waals surface area contributed by atoms with Gasteiger partial charge in [-0.2, -0.15) is 4.98 Å². The Morgan fingerprint density at radius 2 is 1.85 bits per heavy atom. The lowest BCUT2D eigenvalue weighted by Gasteiger charge is -2.25. The Morgan fingerprint density at radius 3 is 2.46 bits per heavy atom. The normalized spacial score (nSPS) is 11.2. The van der Waals surface area contributed by atoms with Crippen LogP contribution in [0.25, 0.3) is 5.57 Å². The fraction of sp³-hybridized carbons (Fsp3) is 0.296.